The maximum atomic E-state index is 5.43. The minimum atomic E-state index is 0.243. The van der Waals surface area contributed by atoms with Gasteiger partial charge in [-0.3, -0.25) is 0 Å². The topological polar surface area (TPSA) is 30.5 Å². The van der Waals surface area contributed by atoms with Crippen LogP contribution in [0.5, 0.6) is 11.5 Å². The number of benzene rings is 1. The molecule has 0 spiro atoms. The van der Waals surface area contributed by atoms with Gasteiger partial charge in [-0.2, -0.15) is 0 Å². The fraction of sp³-hybridized carbons (Fsp3) is 0.571. The van der Waals surface area contributed by atoms with Gasteiger partial charge in [-0.15, -0.1) is 0 Å². The van der Waals surface area contributed by atoms with Gasteiger partial charge < -0.3 is 14.8 Å². The summed E-state index contributed by atoms with van der Waals surface area (Å²) < 4.78 is 10.8. The van der Waals surface area contributed by atoms with Crippen LogP contribution in [-0.2, 0) is 6.42 Å². The van der Waals surface area contributed by atoms with Gasteiger partial charge in [0.15, 0.2) is 11.5 Å². The third kappa shape index (κ3) is 2.72. The Morgan fingerprint density at radius 1 is 1.24 bits per heavy atom. The Balaban J connectivity index is 2.21. The molecule has 1 aromatic carbocycles. The van der Waals surface area contributed by atoms with Crippen LogP contribution in [0.1, 0.15) is 25.0 Å². The number of hydrogen-bond acceptors (Lipinski definition) is 3. The summed E-state index contributed by atoms with van der Waals surface area (Å²) in [5.74, 6) is 1.75. The van der Waals surface area contributed by atoms with Gasteiger partial charge in [-0.1, -0.05) is 13.8 Å². The molecule has 3 nitrogen and oxygen atoms in total. The van der Waals surface area contributed by atoms with Crippen LogP contribution >= 0.6 is 0 Å². The molecule has 0 atom stereocenters. The van der Waals surface area contributed by atoms with Crippen molar-refractivity contribution in [3.05, 3.63) is 23.3 Å². The molecule has 0 radical (unpaired) electrons. The average Bonchev–Trinajstić information content (AvgIpc) is 2.64. The van der Waals surface area contributed by atoms with Gasteiger partial charge >= 0.3 is 0 Å². The molecule has 0 fully saturated rings. The molecular formula is C14H21NO2. The number of nitrogens with one attached hydrogen (secondary N) is 1. The van der Waals surface area contributed by atoms with Crippen LogP contribution in [0, 0.1) is 12.3 Å². The molecule has 0 unspecified atom stereocenters. The zero-order valence-corrected chi connectivity index (χ0v) is 11.1. The summed E-state index contributed by atoms with van der Waals surface area (Å²) in [4.78, 5) is 0. The Bertz CT molecular complexity index is 413. The standard InChI is InChI=1S/C14H21NO2/c1-10-5-12-13(17-9-16-12)6-11(10)7-14(2,3)8-15-4/h5-6,15H,7-9H2,1-4H3. The lowest BCUT2D eigenvalue weighted by Crippen LogP contribution is -2.28. The predicted octanol–water partition coefficient (Wildman–Crippen LogP) is 2.51. The second kappa shape index (κ2) is 4.57. The molecule has 1 heterocycles. The quantitative estimate of drug-likeness (QED) is 0.870. The van der Waals surface area contributed by atoms with Crippen molar-refractivity contribution in [2.24, 2.45) is 5.41 Å². The first kappa shape index (κ1) is 12.2. The maximum Gasteiger partial charge on any atom is 0.231 e. The largest absolute Gasteiger partial charge is 0.454 e. The molecule has 94 valence electrons. The Morgan fingerprint density at radius 2 is 1.88 bits per heavy atom. The van der Waals surface area contributed by atoms with E-state index >= 15 is 0 Å². The van der Waals surface area contributed by atoms with Crippen LogP contribution in [0.4, 0.5) is 0 Å². The van der Waals surface area contributed by atoms with Crippen LogP contribution in [0.15, 0.2) is 12.1 Å². The number of fused-ring (bicyclic) bond motifs is 1. The van der Waals surface area contributed by atoms with E-state index in [1.165, 1.54) is 11.1 Å². The van der Waals surface area contributed by atoms with Gasteiger partial charge in [-0.25, -0.2) is 0 Å². The summed E-state index contributed by atoms with van der Waals surface area (Å²) in [7, 11) is 1.99. The van der Waals surface area contributed by atoms with Gasteiger partial charge in [-0.05, 0) is 49.1 Å². The third-order valence-electron chi connectivity index (χ3n) is 3.16. The van der Waals surface area contributed by atoms with Gasteiger partial charge in [0.05, 0.1) is 0 Å². The lowest BCUT2D eigenvalue weighted by Gasteiger charge is -2.25. The molecule has 0 bridgehead atoms. The first-order valence-corrected chi connectivity index (χ1v) is 6.05. The minimum Gasteiger partial charge on any atom is -0.454 e. The molecule has 0 amide bonds. The van der Waals surface area contributed by atoms with Gasteiger partial charge in [0.2, 0.25) is 6.79 Å². The van der Waals surface area contributed by atoms with E-state index < -0.39 is 0 Å². The zero-order valence-electron chi connectivity index (χ0n) is 11.1. The van der Waals surface area contributed by atoms with Gasteiger partial charge in [0.1, 0.15) is 0 Å². The first-order valence-electron chi connectivity index (χ1n) is 6.05. The molecule has 1 aliphatic rings. The zero-order chi connectivity index (χ0) is 12.5. The van der Waals surface area contributed by atoms with E-state index in [0.717, 1.165) is 24.5 Å². The molecule has 1 aliphatic heterocycles. The molecule has 2 rings (SSSR count). The average molecular weight is 235 g/mol. The Hall–Kier alpha value is -1.22. The summed E-state index contributed by atoms with van der Waals surface area (Å²) in [6.45, 7) is 8.02. The Labute approximate surface area is 103 Å². The smallest absolute Gasteiger partial charge is 0.231 e. The van der Waals surface area contributed by atoms with Crippen LogP contribution in [0.2, 0.25) is 0 Å². The first-order chi connectivity index (χ1) is 8.02. The number of ether oxygens (including phenoxy) is 2. The highest BCUT2D eigenvalue weighted by molar-refractivity contribution is 5.48. The van der Waals surface area contributed by atoms with E-state index in [-0.39, 0.29) is 5.41 Å². The highest BCUT2D eigenvalue weighted by atomic mass is 16.7. The number of hydrogen-bond donors (Lipinski definition) is 1. The summed E-state index contributed by atoms with van der Waals surface area (Å²) >= 11 is 0. The predicted molar refractivity (Wildman–Crippen MR) is 68.7 cm³/mol. The van der Waals surface area contributed by atoms with Crippen LogP contribution in [0.3, 0.4) is 0 Å². The fourth-order valence-electron chi connectivity index (χ4n) is 2.33. The summed E-state index contributed by atoms with van der Waals surface area (Å²) in [6, 6.07) is 4.20. The second-order valence-electron chi connectivity index (χ2n) is 5.50. The van der Waals surface area contributed by atoms with E-state index in [4.69, 9.17) is 9.47 Å². The van der Waals surface area contributed by atoms with Crippen molar-refractivity contribution in [3.8, 4) is 11.5 Å². The lowest BCUT2D eigenvalue weighted by molar-refractivity contribution is 0.174. The van der Waals surface area contributed by atoms with E-state index in [0.29, 0.717) is 6.79 Å². The molecule has 3 heteroatoms. The Kier molecular flexibility index (Phi) is 3.29. The summed E-state index contributed by atoms with van der Waals surface area (Å²) in [5.41, 5.74) is 2.86. The third-order valence-corrected chi connectivity index (χ3v) is 3.16. The second-order valence-corrected chi connectivity index (χ2v) is 5.50. The monoisotopic (exact) mass is 235 g/mol. The molecule has 17 heavy (non-hydrogen) atoms. The van der Waals surface area contributed by atoms with Crippen molar-refractivity contribution < 1.29 is 9.47 Å². The van der Waals surface area contributed by atoms with Crippen molar-refractivity contribution in [3.63, 3.8) is 0 Å². The van der Waals surface area contributed by atoms with Gasteiger partial charge in [0, 0.05) is 6.54 Å². The fourth-order valence-corrected chi connectivity index (χ4v) is 2.33. The van der Waals surface area contributed by atoms with Gasteiger partial charge in [0.25, 0.3) is 0 Å². The lowest BCUT2D eigenvalue weighted by atomic mass is 9.84. The minimum absolute atomic E-state index is 0.243. The number of aryl methyl sites for hydroxylation is 1. The van der Waals surface area contributed by atoms with Crippen molar-refractivity contribution >= 4 is 0 Å². The van der Waals surface area contributed by atoms with E-state index in [1.54, 1.807) is 0 Å². The SMILES string of the molecule is CNCC(C)(C)Cc1cc2c(cc1C)OCO2. The highest BCUT2D eigenvalue weighted by Crippen LogP contribution is 2.36. The van der Waals surface area contributed by atoms with Crippen molar-refractivity contribution in [1.82, 2.24) is 5.32 Å². The molecule has 1 aromatic rings. The molecule has 0 aliphatic carbocycles. The summed E-state index contributed by atoms with van der Waals surface area (Å²) in [6.07, 6.45) is 1.04. The Morgan fingerprint density at radius 3 is 2.53 bits per heavy atom. The molecule has 0 aromatic heterocycles. The number of rotatable bonds is 4. The van der Waals surface area contributed by atoms with Crippen LogP contribution in [0.25, 0.3) is 0 Å². The molecule has 0 saturated heterocycles. The summed E-state index contributed by atoms with van der Waals surface area (Å²) in [5, 5.41) is 3.24. The van der Waals surface area contributed by atoms with E-state index in [1.807, 2.05) is 7.05 Å². The van der Waals surface area contributed by atoms with Crippen molar-refractivity contribution in [2.75, 3.05) is 20.4 Å². The molecule has 1 N–H and O–H groups in total. The van der Waals surface area contributed by atoms with Crippen LogP contribution < -0.4 is 14.8 Å². The van der Waals surface area contributed by atoms with E-state index in [2.05, 4.69) is 38.2 Å². The maximum absolute atomic E-state index is 5.43. The van der Waals surface area contributed by atoms with Crippen molar-refractivity contribution in [2.45, 2.75) is 27.2 Å². The normalized spacial score (nSPS) is 14.1. The van der Waals surface area contributed by atoms with Crippen molar-refractivity contribution in [1.29, 1.82) is 0 Å². The molecule has 0 saturated carbocycles. The van der Waals surface area contributed by atoms with Crippen LogP contribution in [-0.4, -0.2) is 20.4 Å². The van der Waals surface area contributed by atoms with E-state index in [9.17, 15) is 0 Å². The molecular weight excluding hydrogens is 214 g/mol. The highest BCUT2D eigenvalue weighted by Gasteiger charge is 2.21.